The van der Waals surface area contributed by atoms with Crippen molar-refractivity contribution in [1.29, 1.82) is 0 Å². The summed E-state index contributed by atoms with van der Waals surface area (Å²) in [5.74, 6) is 0. The molecule has 0 amide bonds. The van der Waals surface area contributed by atoms with E-state index in [-0.39, 0.29) is 11.5 Å². The van der Waals surface area contributed by atoms with Crippen LogP contribution in [0, 0.1) is 6.92 Å². The van der Waals surface area contributed by atoms with E-state index in [1.54, 1.807) is 26.8 Å². The second kappa shape index (κ2) is 5.78. The molecule has 0 bridgehead atoms. The molecule has 7 heteroatoms. The molecule has 4 N–H and O–H groups in total. The number of nitrogens with two attached hydrogens (primary N) is 1. The van der Waals surface area contributed by atoms with Crippen LogP contribution in [0.2, 0.25) is 0 Å². The summed E-state index contributed by atoms with van der Waals surface area (Å²) < 4.78 is 27.9. The molecule has 1 aromatic rings. The molecule has 0 spiro atoms. The van der Waals surface area contributed by atoms with Crippen LogP contribution < -0.4 is 10.5 Å². The van der Waals surface area contributed by atoms with Crippen molar-refractivity contribution in [3.8, 4) is 0 Å². The van der Waals surface area contributed by atoms with Crippen LogP contribution in [0.5, 0.6) is 0 Å². The Hall–Kier alpha value is -0.630. The second-order valence-corrected chi connectivity index (χ2v) is 7.36. The first kappa shape index (κ1) is 16.4. The SMILES string of the molecule is CCC(C)(CO)NS(=O)(=O)c1cc(Br)cc(N)c1C. The fraction of sp³-hybridized carbons (Fsp3) is 0.500. The average molecular weight is 351 g/mol. The van der Waals surface area contributed by atoms with Gasteiger partial charge in [-0.1, -0.05) is 22.9 Å². The lowest BCUT2D eigenvalue weighted by Gasteiger charge is -2.27. The average Bonchev–Trinajstić information content (AvgIpc) is 2.32. The van der Waals surface area contributed by atoms with Gasteiger partial charge in [0.2, 0.25) is 10.0 Å². The van der Waals surface area contributed by atoms with Crippen molar-refractivity contribution in [2.75, 3.05) is 12.3 Å². The highest BCUT2D eigenvalue weighted by Crippen LogP contribution is 2.27. The summed E-state index contributed by atoms with van der Waals surface area (Å²) in [7, 11) is -3.74. The molecular formula is C12H19BrN2O3S. The number of nitrogen functional groups attached to an aromatic ring is 1. The number of anilines is 1. The van der Waals surface area contributed by atoms with Crippen molar-refractivity contribution in [1.82, 2.24) is 4.72 Å². The van der Waals surface area contributed by atoms with Gasteiger partial charge in [0.25, 0.3) is 0 Å². The van der Waals surface area contributed by atoms with Crippen LogP contribution in [0.25, 0.3) is 0 Å². The molecule has 0 aliphatic carbocycles. The molecule has 0 aromatic heterocycles. The minimum Gasteiger partial charge on any atom is -0.398 e. The van der Waals surface area contributed by atoms with Crippen molar-refractivity contribution in [3.05, 3.63) is 22.2 Å². The summed E-state index contributed by atoms with van der Waals surface area (Å²) in [6.07, 6.45) is 0.477. The highest BCUT2D eigenvalue weighted by Gasteiger charge is 2.29. The Morgan fingerprint density at radius 2 is 2.05 bits per heavy atom. The third kappa shape index (κ3) is 3.68. The van der Waals surface area contributed by atoms with Crippen LogP contribution in [0.1, 0.15) is 25.8 Å². The number of hydrogen-bond acceptors (Lipinski definition) is 4. The van der Waals surface area contributed by atoms with Gasteiger partial charge in [-0.15, -0.1) is 0 Å². The minimum atomic E-state index is -3.74. The number of aliphatic hydroxyl groups excluding tert-OH is 1. The fourth-order valence-electron chi connectivity index (χ4n) is 1.55. The highest BCUT2D eigenvalue weighted by molar-refractivity contribution is 9.10. The van der Waals surface area contributed by atoms with Crippen LogP contribution in [0.4, 0.5) is 5.69 Å². The molecule has 0 fully saturated rings. The van der Waals surface area contributed by atoms with Crippen LogP contribution in [-0.2, 0) is 10.0 Å². The van der Waals surface area contributed by atoms with E-state index in [4.69, 9.17) is 5.73 Å². The van der Waals surface area contributed by atoms with Crippen molar-refractivity contribution >= 4 is 31.6 Å². The Bertz CT molecular complexity index is 569. The Balaban J connectivity index is 3.29. The molecule has 5 nitrogen and oxygen atoms in total. The monoisotopic (exact) mass is 350 g/mol. The quantitative estimate of drug-likeness (QED) is 0.705. The van der Waals surface area contributed by atoms with Gasteiger partial charge in [-0.2, -0.15) is 0 Å². The maximum absolute atomic E-state index is 12.4. The molecule has 1 rings (SSSR count). The molecule has 0 aliphatic heterocycles. The van der Waals surface area contributed by atoms with Crippen molar-refractivity contribution < 1.29 is 13.5 Å². The van der Waals surface area contributed by atoms with E-state index in [1.165, 1.54) is 6.07 Å². The topological polar surface area (TPSA) is 92.4 Å². The molecule has 19 heavy (non-hydrogen) atoms. The zero-order valence-corrected chi connectivity index (χ0v) is 13.6. The van der Waals surface area contributed by atoms with E-state index in [0.29, 0.717) is 22.1 Å². The molecule has 0 saturated heterocycles. The third-order valence-corrected chi connectivity index (χ3v) is 5.39. The molecule has 108 valence electrons. The molecule has 0 saturated carbocycles. The first-order valence-electron chi connectivity index (χ1n) is 5.85. The molecule has 1 unspecified atom stereocenters. The van der Waals surface area contributed by atoms with Crippen LogP contribution >= 0.6 is 15.9 Å². The largest absolute Gasteiger partial charge is 0.398 e. The van der Waals surface area contributed by atoms with Crippen molar-refractivity contribution in [3.63, 3.8) is 0 Å². The first-order valence-corrected chi connectivity index (χ1v) is 8.13. The van der Waals surface area contributed by atoms with Gasteiger partial charge in [-0.3, -0.25) is 0 Å². The lowest BCUT2D eigenvalue weighted by atomic mass is 10.0. The summed E-state index contributed by atoms with van der Waals surface area (Å²) in [6.45, 7) is 4.84. The van der Waals surface area contributed by atoms with Crippen molar-refractivity contribution in [2.45, 2.75) is 37.6 Å². The van der Waals surface area contributed by atoms with Crippen LogP contribution in [-0.4, -0.2) is 25.7 Å². The Kier molecular flexibility index (Phi) is 5.00. The molecule has 0 heterocycles. The third-order valence-electron chi connectivity index (χ3n) is 3.16. The van der Waals surface area contributed by atoms with Gasteiger partial charge in [-0.25, -0.2) is 13.1 Å². The Morgan fingerprint density at radius 1 is 1.47 bits per heavy atom. The maximum Gasteiger partial charge on any atom is 0.241 e. The van der Waals surface area contributed by atoms with Crippen LogP contribution in [0.15, 0.2) is 21.5 Å². The van der Waals surface area contributed by atoms with Gasteiger partial charge in [-0.05, 0) is 38.0 Å². The lowest BCUT2D eigenvalue weighted by molar-refractivity contribution is 0.191. The molecule has 1 atom stereocenters. The molecule has 0 radical (unpaired) electrons. The number of sulfonamides is 1. The zero-order valence-electron chi connectivity index (χ0n) is 11.2. The predicted molar refractivity (Wildman–Crippen MR) is 79.4 cm³/mol. The van der Waals surface area contributed by atoms with Gasteiger partial charge in [0.05, 0.1) is 17.0 Å². The first-order chi connectivity index (χ1) is 8.65. The normalized spacial score (nSPS) is 15.2. The summed E-state index contributed by atoms with van der Waals surface area (Å²) in [5, 5.41) is 9.31. The van der Waals surface area contributed by atoms with E-state index >= 15 is 0 Å². The van der Waals surface area contributed by atoms with Gasteiger partial charge < -0.3 is 10.8 Å². The number of nitrogens with one attached hydrogen (secondary N) is 1. The smallest absolute Gasteiger partial charge is 0.241 e. The van der Waals surface area contributed by atoms with Crippen molar-refractivity contribution in [2.24, 2.45) is 0 Å². The summed E-state index contributed by atoms with van der Waals surface area (Å²) in [6, 6.07) is 3.15. The van der Waals surface area contributed by atoms with E-state index in [9.17, 15) is 13.5 Å². The standard InChI is InChI=1S/C12H19BrN2O3S/c1-4-12(3,7-16)15-19(17,18)11-6-9(13)5-10(14)8(11)2/h5-6,15-16H,4,7,14H2,1-3H3. The fourth-order valence-corrected chi connectivity index (χ4v) is 3.95. The van der Waals surface area contributed by atoms with E-state index in [2.05, 4.69) is 20.7 Å². The lowest BCUT2D eigenvalue weighted by Crippen LogP contribution is -2.48. The summed E-state index contributed by atoms with van der Waals surface area (Å²) in [5.41, 5.74) is 5.78. The highest BCUT2D eigenvalue weighted by atomic mass is 79.9. The maximum atomic E-state index is 12.4. The van der Waals surface area contributed by atoms with E-state index in [1.807, 2.05) is 0 Å². The summed E-state index contributed by atoms with van der Waals surface area (Å²) in [4.78, 5) is 0.118. The zero-order chi connectivity index (χ0) is 14.8. The predicted octanol–water partition coefficient (Wildman–Crippen LogP) is 1.78. The second-order valence-electron chi connectivity index (χ2n) is 4.80. The summed E-state index contributed by atoms with van der Waals surface area (Å²) >= 11 is 3.23. The van der Waals surface area contributed by atoms with Gasteiger partial charge >= 0.3 is 0 Å². The number of rotatable bonds is 5. The molecule has 0 aliphatic rings. The van der Waals surface area contributed by atoms with Gasteiger partial charge in [0.15, 0.2) is 0 Å². The van der Waals surface area contributed by atoms with E-state index < -0.39 is 15.6 Å². The van der Waals surface area contributed by atoms with Crippen LogP contribution in [0.3, 0.4) is 0 Å². The minimum absolute atomic E-state index is 0.118. The van der Waals surface area contributed by atoms with E-state index in [0.717, 1.165) is 0 Å². The molecular weight excluding hydrogens is 332 g/mol. The number of benzene rings is 1. The number of hydrogen-bond donors (Lipinski definition) is 3. The van der Waals surface area contributed by atoms with Gasteiger partial charge in [0.1, 0.15) is 0 Å². The molecule has 1 aromatic carbocycles. The number of halogens is 1. The Labute approximate surface area is 122 Å². The number of aliphatic hydroxyl groups is 1. The Morgan fingerprint density at radius 3 is 2.53 bits per heavy atom. The van der Waals surface area contributed by atoms with Gasteiger partial charge in [0, 0.05) is 10.2 Å².